The average molecular weight is 310 g/mol. The number of rotatable bonds is 8. The van der Waals surface area contributed by atoms with Gasteiger partial charge in [0.1, 0.15) is 6.17 Å². The minimum absolute atomic E-state index is 0.0267. The number of ether oxygens (including phenoxy) is 1. The van der Waals surface area contributed by atoms with Crippen molar-refractivity contribution in [3.8, 4) is 0 Å². The van der Waals surface area contributed by atoms with Crippen molar-refractivity contribution in [2.24, 2.45) is 5.92 Å². The summed E-state index contributed by atoms with van der Waals surface area (Å²) in [5.41, 5.74) is 1.19. The number of nitrogens with zero attached hydrogens (tertiary/aromatic N) is 1. The molecule has 2 rings (SSSR count). The van der Waals surface area contributed by atoms with Gasteiger partial charge in [0, 0.05) is 19.8 Å². The van der Waals surface area contributed by atoms with E-state index < -0.39 is 0 Å². The number of carbonyl (C=O) groups is 1. The molecule has 0 bridgehead atoms. The summed E-state index contributed by atoms with van der Waals surface area (Å²) in [4.78, 5) is 14.4. The van der Waals surface area contributed by atoms with Gasteiger partial charge < -0.3 is 9.64 Å². The Hall–Kier alpha value is -0.910. The fourth-order valence-corrected chi connectivity index (χ4v) is 3.25. The zero-order valence-electron chi connectivity index (χ0n) is 13.2. The SMILES string of the molecule is CCC1NC(c2ccsc2)N(CCCOCC(C)C)C1=O. The van der Waals surface area contributed by atoms with Crippen LogP contribution in [-0.2, 0) is 9.53 Å². The second-order valence-corrected chi connectivity index (χ2v) is 6.72. The molecule has 0 aromatic carbocycles. The molecule has 21 heavy (non-hydrogen) atoms. The number of carbonyl (C=O) groups excluding carboxylic acids is 1. The van der Waals surface area contributed by atoms with Gasteiger partial charge in [-0.15, -0.1) is 0 Å². The summed E-state index contributed by atoms with van der Waals surface area (Å²) in [6.45, 7) is 8.60. The molecule has 4 nitrogen and oxygen atoms in total. The molecule has 5 heteroatoms. The summed E-state index contributed by atoms with van der Waals surface area (Å²) in [7, 11) is 0. The summed E-state index contributed by atoms with van der Waals surface area (Å²) < 4.78 is 5.61. The zero-order valence-corrected chi connectivity index (χ0v) is 14.0. The third-order valence-electron chi connectivity index (χ3n) is 3.66. The lowest BCUT2D eigenvalue weighted by molar-refractivity contribution is -0.130. The first-order valence-electron chi connectivity index (χ1n) is 7.79. The van der Waals surface area contributed by atoms with Crippen molar-refractivity contribution in [3.63, 3.8) is 0 Å². The normalized spacial score (nSPS) is 22.5. The smallest absolute Gasteiger partial charge is 0.241 e. The first kappa shape index (κ1) is 16.5. The molecule has 1 amide bonds. The van der Waals surface area contributed by atoms with Crippen molar-refractivity contribution in [2.75, 3.05) is 19.8 Å². The number of nitrogens with one attached hydrogen (secondary N) is 1. The Labute approximate surface area is 131 Å². The van der Waals surface area contributed by atoms with E-state index in [0.29, 0.717) is 5.92 Å². The van der Waals surface area contributed by atoms with Crippen LogP contribution in [0, 0.1) is 5.92 Å². The Kier molecular flexibility index (Phi) is 6.21. The Morgan fingerprint density at radius 1 is 1.48 bits per heavy atom. The van der Waals surface area contributed by atoms with E-state index in [4.69, 9.17) is 4.74 Å². The molecule has 2 heterocycles. The highest BCUT2D eigenvalue weighted by molar-refractivity contribution is 7.07. The van der Waals surface area contributed by atoms with E-state index in [9.17, 15) is 4.79 Å². The van der Waals surface area contributed by atoms with Crippen LogP contribution in [0.4, 0.5) is 0 Å². The fourth-order valence-electron chi connectivity index (χ4n) is 2.57. The van der Waals surface area contributed by atoms with Crippen LogP contribution in [0.5, 0.6) is 0 Å². The van der Waals surface area contributed by atoms with Crippen LogP contribution in [0.3, 0.4) is 0 Å². The molecule has 0 saturated carbocycles. The fraction of sp³-hybridized carbons (Fsp3) is 0.688. The molecule has 0 aliphatic carbocycles. The molecule has 0 radical (unpaired) electrons. The first-order valence-corrected chi connectivity index (χ1v) is 8.74. The molecule has 1 fully saturated rings. The maximum Gasteiger partial charge on any atom is 0.241 e. The molecule has 1 saturated heterocycles. The van der Waals surface area contributed by atoms with Gasteiger partial charge in [0.25, 0.3) is 0 Å². The van der Waals surface area contributed by atoms with Crippen molar-refractivity contribution in [2.45, 2.75) is 45.8 Å². The third kappa shape index (κ3) is 4.28. The molecular weight excluding hydrogens is 284 g/mol. The highest BCUT2D eigenvalue weighted by atomic mass is 32.1. The van der Waals surface area contributed by atoms with Crippen molar-refractivity contribution in [1.82, 2.24) is 10.2 Å². The van der Waals surface area contributed by atoms with Gasteiger partial charge in [0.15, 0.2) is 0 Å². The van der Waals surface area contributed by atoms with E-state index in [1.54, 1.807) is 11.3 Å². The van der Waals surface area contributed by atoms with Gasteiger partial charge in [-0.05, 0) is 41.1 Å². The molecule has 1 N–H and O–H groups in total. The van der Waals surface area contributed by atoms with Crippen molar-refractivity contribution in [3.05, 3.63) is 22.4 Å². The van der Waals surface area contributed by atoms with E-state index in [0.717, 1.165) is 32.6 Å². The Morgan fingerprint density at radius 3 is 2.90 bits per heavy atom. The van der Waals surface area contributed by atoms with Gasteiger partial charge >= 0.3 is 0 Å². The number of hydrogen-bond donors (Lipinski definition) is 1. The van der Waals surface area contributed by atoms with Gasteiger partial charge in [-0.2, -0.15) is 11.3 Å². The molecule has 0 spiro atoms. The largest absolute Gasteiger partial charge is 0.381 e. The minimum atomic E-state index is -0.0496. The Morgan fingerprint density at radius 2 is 2.29 bits per heavy atom. The second-order valence-electron chi connectivity index (χ2n) is 5.94. The quantitative estimate of drug-likeness (QED) is 0.751. The van der Waals surface area contributed by atoms with E-state index in [1.165, 1.54) is 5.56 Å². The zero-order chi connectivity index (χ0) is 15.2. The van der Waals surface area contributed by atoms with Crippen LogP contribution in [0.15, 0.2) is 16.8 Å². The van der Waals surface area contributed by atoms with E-state index in [1.807, 2.05) is 4.90 Å². The average Bonchev–Trinajstić information content (AvgIpc) is 3.07. The van der Waals surface area contributed by atoms with Crippen LogP contribution < -0.4 is 5.32 Å². The van der Waals surface area contributed by atoms with Crippen LogP contribution in [0.2, 0.25) is 0 Å². The number of thiophene rings is 1. The van der Waals surface area contributed by atoms with E-state index in [-0.39, 0.29) is 18.1 Å². The van der Waals surface area contributed by atoms with Crippen LogP contribution >= 0.6 is 11.3 Å². The van der Waals surface area contributed by atoms with Crippen molar-refractivity contribution in [1.29, 1.82) is 0 Å². The van der Waals surface area contributed by atoms with Gasteiger partial charge in [-0.1, -0.05) is 20.8 Å². The topological polar surface area (TPSA) is 41.6 Å². The molecule has 1 aromatic rings. The van der Waals surface area contributed by atoms with Gasteiger partial charge in [-0.25, -0.2) is 0 Å². The van der Waals surface area contributed by atoms with Crippen molar-refractivity contribution < 1.29 is 9.53 Å². The highest BCUT2D eigenvalue weighted by Gasteiger charge is 2.38. The molecule has 118 valence electrons. The predicted molar refractivity (Wildman–Crippen MR) is 86.3 cm³/mol. The molecule has 1 aliphatic rings. The highest BCUT2D eigenvalue weighted by Crippen LogP contribution is 2.27. The molecule has 1 aliphatic heterocycles. The lowest BCUT2D eigenvalue weighted by atomic mass is 10.2. The molecular formula is C16H26N2O2S. The third-order valence-corrected chi connectivity index (χ3v) is 4.36. The molecule has 2 atom stereocenters. The van der Waals surface area contributed by atoms with Crippen LogP contribution in [0.1, 0.15) is 45.3 Å². The van der Waals surface area contributed by atoms with Crippen LogP contribution in [0.25, 0.3) is 0 Å². The molecule has 1 aromatic heterocycles. The summed E-state index contributed by atoms with van der Waals surface area (Å²) >= 11 is 1.67. The van der Waals surface area contributed by atoms with Gasteiger partial charge in [0.2, 0.25) is 5.91 Å². The Bertz CT molecular complexity index is 433. The second kappa shape index (κ2) is 7.92. The van der Waals surface area contributed by atoms with Crippen molar-refractivity contribution >= 4 is 17.2 Å². The standard InChI is InChI=1S/C16H26N2O2S/c1-4-14-16(19)18(7-5-8-20-10-12(2)3)15(17-14)13-6-9-21-11-13/h6,9,11-12,14-15,17H,4-5,7-8,10H2,1-3H3. The lowest BCUT2D eigenvalue weighted by Gasteiger charge is -2.23. The first-order chi connectivity index (χ1) is 10.1. The van der Waals surface area contributed by atoms with E-state index >= 15 is 0 Å². The maximum atomic E-state index is 12.4. The number of amides is 1. The lowest BCUT2D eigenvalue weighted by Crippen LogP contribution is -2.32. The summed E-state index contributed by atoms with van der Waals surface area (Å²) in [6.07, 6.45) is 1.75. The summed E-state index contributed by atoms with van der Waals surface area (Å²) in [6, 6.07) is 2.04. The Balaban J connectivity index is 1.89. The van der Waals surface area contributed by atoms with Gasteiger partial charge in [-0.3, -0.25) is 10.1 Å². The maximum absolute atomic E-state index is 12.4. The van der Waals surface area contributed by atoms with Gasteiger partial charge in [0.05, 0.1) is 6.04 Å². The monoisotopic (exact) mass is 310 g/mol. The predicted octanol–water partition coefficient (Wildman–Crippen LogP) is 3.02. The minimum Gasteiger partial charge on any atom is -0.381 e. The van der Waals surface area contributed by atoms with E-state index in [2.05, 4.69) is 42.9 Å². The number of hydrogen-bond acceptors (Lipinski definition) is 4. The van der Waals surface area contributed by atoms with Crippen LogP contribution in [-0.4, -0.2) is 36.6 Å². The molecule has 2 unspecified atom stereocenters. The summed E-state index contributed by atoms with van der Waals surface area (Å²) in [5, 5.41) is 7.62. The summed E-state index contributed by atoms with van der Waals surface area (Å²) in [5.74, 6) is 0.778.